The lowest BCUT2D eigenvalue weighted by Crippen LogP contribution is -2.44. The van der Waals surface area contributed by atoms with Gasteiger partial charge in [-0.2, -0.15) is 0 Å². The Kier molecular flexibility index (Phi) is 10.8. The Labute approximate surface area is 163 Å². The van der Waals surface area contributed by atoms with E-state index in [1.54, 1.807) is 0 Å². The molecule has 9 heteroatoms. The van der Waals surface area contributed by atoms with Gasteiger partial charge in [-0.15, -0.1) is 37.1 Å². The predicted molar refractivity (Wildman–Crippen MR) is 104 cm³/mol. The van der Waals surface area contributed by atoms with E-state index in [9.17, 15) is 13.2 Å². The number of halogens is 4. The largest absolute Gasteiger partial charge is 0.573 e. The number of aliphatic imine (C=N–C) groups is 1. The molecule has 0 aliphatic rings. The predicted octanol–water partition coefficient (Wildman–Crippen LogP) is 3.34. The van der Waals surface area contributed by atoms with Crippen molar-refractivity contribution in [2.24, 2.45) is 10.7 Å². The Hall–Kier alpha value is -1.23. The summed E-state index contributed by atoms with van der Waals surface area (Å²) in [7, 11) is 0. The number of hydrogen-bond acceptors (Lipinski definition) is 3. The van der Waals surface area contributed by atoms with Gasteiger partial charge in [-0.1, -0.05) is 26.0 Å². The van der Waals surface area contributed by atoms with Crippen LogP contribution in [-0.2, 0) is 6.54 Å². The summed E-state index contributed by atoms with van der Waals surface area (Å²) in [4.78, 5) is 6.47. The van der Waals surface area contributed by atoms with Gasteiger partial charge >= 0.3 is 6.36 Å². The van der Waals surface area contributed by atoms with Crippen molar-refractivity contribution in [3.8, 4) is 5.75 Å². The maximum Gasteiger partial charge on any atom is 0.573 e. The highest BCUT2D eigenvalue weighted by Crippen LogP contribution is 2.22. The summed E-state index contributed by atoms with van der Waals surface area (Å²) in [5.74, 6) is 0.0546. The molecule has 0 radical (unpaired) electrons. The number of benzene rings is 1. The molecule has 3 N–H and O–H groups in total. The molecule has 0 heterocycles. The van der Waals surface area contributed by atoms with E-state index in [2.05, 4.69) is 40.7 Å². The fraction of sp³-hybridized carbons (Fsp3) is 0.562. The number of alkyl halides is 3. The first-order valence-electron chi connectivity index (χ1n) is 7.87. The highest BCUT2D eigenvalue weighted by Gasteiger charge is 2.30. The first-order valence-corrected chi connectivity index (χ1v) is 7.87. The Balaban J connectivity index is 0.00000576. The zero-order valence-corrected chi connectivity index (χ0v) is 17.0. The van der Waals surface area contributed by atoms with Gasteiger partial charge < -0.3 is 15.8 Å². The van der Waals surface area contributed by atoms with Gasteiger partial charge in [0.2, 0.25) is 0 Å². The topological polar surface area (TPSA) is 62.9 Å². The lowest BCUT2D eigenvalue weighted by Gasteiger charge is -2.26. The molecule has 25 heavy (non-hydrogen) atoms. The molecule has 0 aliphatic heterocycles. The van der Waals surface area contributed by atoms with Crippen LogP contribution in [0.5, 0.6) is 5.75 Å². The van der Waals surface area contributed by atoms with Crippen molar-refractivity contribution in [3.63, 3.8) is 0 Å². The SMILES string of the molecule is CCN(CC)C(C)CNC(N)=NCc1ccc(OC(F)(F)F)cc1.I. The average Bonchev–Trinajstić information content (AvgIpc) is 2.52. The minimum absolute atomic E-state index is 0. The lowest BCUT2D eigenvalue weighted by molar-refractivity contribution is -0.274. The number of guanidine groups is 1. The molecule has 0 aromatic heterocycles. The second-order valence-corrected chi connectivity index (χ2v) is 5.34. The molecule has 0 fully saturated rings. The summed E-state index contributed by atoms with van der Waals surface area (Å²) in [5, 5.41) is 3.06. The number of rotatable bonds is 8. The van der Waals surface area contributed by atoms with Crippen molar-refractivity contribution in [2.75, 3.05) is 19.6 Å². The second-order valence-electron chi connectivity index (χ2n) is 5.34. The molecule has 1 atom stereocenters. The minimum atomic E-state index is -4.68. The normalized spacial score (nSPS) is 13.3. The summed E-state index contributed by atoms with van der Waals surface area (Å²) in [5.41, 5.74) is 6.55. The molecule has 1 rings (SSSR count). The molecule has 0 saturated carbocycles. The quantitative estimate of drug-likeness (QED) is 0.345. The third kappa shape index (κ3) is 9.73. The monoisotopic (exact) mass is 474 g/mol. The molecule has 0 bridgehead atoms. The maximum atomic E-state index is 12.1. The number of nitrogens with zero attached hydrogens (tertiary/aromatic N) is 2. The Morgan fingerprint density at radius 2 is 1.80 bits per heavy atom. The van der Waals surface area contributed by atoms with E-state index in [1.165, 1.54) is 24.3 Å². The summed E-state index contributed by atoms with van der Waals surface area (Å²) < 4.78 is 40.1. The van der Waals surface area contributed by atoms with Gasteiger partial charge in [0.05, 0.1) is 6.54 Å². The van der Waals surface area contributed by atoms with Crippen molar-refractivity contribution in [1.29, 1.82) is 0 Å². The van der Waals surface area contributed by atoms with Crippen molar-refractivity contribution >= 4 is 29.9 Å². The Bertz CT molecular complexity index is 519. The van der Waals surface area contributed by atoms with Gasteiger partial charge in [0.25, 0.3) is 0 Å². The van der Waals surface area contributed by atoms with Crippen LogP contribution in [0.25, 0.3) is 0 Å². The zero-order chi connectivity index (χ0) is 18.2. The maximum absolute atomic E-state index is 12.1. The molecule has 0 aliphatic carbocycles. The molecule has 0 saturated heterocycles. The smallest absolute Gasteiger partial charge is 0.406 e. The molecule has 1 aromatic carbocycles. The van der Waals surface area contributed by atoms with Crippen molar-refractivity contribution in [2.45, 2.75) is 39.7 Å². The van der Waals surface area contributed by atoms with Gasteiger partial charge in [-0.05, 0) is 37.7 Å². The zero-order valence-electron chi connectivity index (χ0n) is 14.6. The molecular weight excluding hydrogens is 448 g/mol. The van der Waals surface area contributed by atoms with Gasteiger partial charge in [0.15, 0.2) is 5.96 Å². The number of nitrogens with two attached hydrogens (primary N) is 1. The van der Waals surface area contributed by atoms with Crippen LogP contribution < -0.4 is 15.8 Å². The van der Waals surface area contributed by atoms with E-state index in [0.29, 0.717) is 18.5 Å². The molecule has 1 aromatic rings. The number of hydrogen-bond donors (Lipinski definition) is 2. The van der Waals surface area contributed by atoms with Crippen molar-refractivity contribution in [3.05, 3.63) is 29.8 Å². The highest BCUT2D eigenvalue weighted by molar-refractivity contribution is 14.0. The van der Waals surface area contributed by atoms with Crippen LogP contribution in [0.3, 0.4) is 0 Å². The van der Waals surface area contributed by atoms with Crippen LogP contribution in [0.4, 0.5) is 13.2 Å². The third-order valence-electron chi connectivity index (χ3n) is 3.60. The van der Waals surface area contributed by atoms with E-state index < -0.39 is 6.36 Å². The molecule has 144 valence electrons. The van der Waals surface area contributed by atoms with Gasteiger partial charge in [-0.3, -0.25) is 4.90 Å². The summed E-state index contributed by atoms with van der Waals surface area (Å²) >= 11 is 0. The summed E-state index contributed by atoms with van der Waals surface area (Å²) in [6, 6.07) is 5.88. The van der Waals surface area contributed by atoms with Gasteiger partial charge in [0.1, 0.15) is 5.75 Å². The summed E-state index contributed by atoms with van der Waals surface area (Å²) in [6.45, 7) is 9.19. The van der Waals surface area contributed by atoms with Crippen LogP contribution in [0.15, 0.2) is 29.3 Å². The molecule has 0 amide bonds. The van der Waals surface area contributed by atoms with Crippen molar-refractivity contribution in [1.82, 2.24) is 10.2 Å². The summed E-state index contributed by atoms with van der Waals surface area (Å²) in [6.07, 6.45) is -4.68. The van der Waals surface area contributed by atoms with Crippen LogP contribution >= 0.6 is 24.0 Å². The van der Waals surface area contributed by atoms with E-state index in [1.807, 2.05) is 0 Å². The van der Waals surface area contributed by atoms with E-state index in [-0.39, 0.29) is 36.3 Å². The van der Waals surface area contributed by atoms with Gasteiger partial charge in [0, 0.05) is 12.6 Å². The third-order valence-corrected chi connectivity index (χ3v) is 3.60. The Morgan fingerprint density at radius 3 is 2.28 bits per heavy atom. The first-order chi connectivity index (χ1) is 11.2. The van der Waals surface area contributed by atoms with Gasteiger partial charge in [-0.25, -0.2) is 4.99 Å². The Morgan fingerprint density at radius 1 is 1.24 bits per heavy atom. The van der Waals surface area contributed by atoms with E-state index in [0.717, 1.165) is 18.7 Å². The van der Waals surface area contributed by atoms with Crippen LogP contribution in [0.2, 0.25) is 0 Å². The molecule has 5 nitrogen and oxygen atoms in total. The van der Waals surface area contributed by atoms with Crippen molar-refractivity contribution < 1.29 is 17.9 Å². The molecular formula is C16H26F3IN4O. The molecule has 0 spiro atoms. The fourth-order valence-corrected chi connectivity index (χ4v) is 2.26. The average molecular weight is 474 g/mol. The minimum Gasteiger partial charge on any atom is -0.406 e. The van der Waals surface area contributed by atoms with Crippen LogP contribution in [-0.4, -0.2) is 42.9 Å². The molecule has 1 unspecified atom stereocenters. The first kappa shape index (κ1) is 23.8. The standard InChI is InChI=1S/C16H25F3N4O.HI/c1-4-23(5-2)12(3)10-21-15(20)22-11-13-6-8-14(9-7-13)24-16(17,18)19;/h6-9,12H,4-5,10-11H2,1-3H3,(H3,20,21,22);1H. The number of likely N-dealkylation sites (N-methyl/N-ethyl adjacent to an activating group) is 1. The number of ether oxygens (including phenoxy) is 1. The number of nitrogens with one attached hydrogen (secondary N) is 1. The lowest BCUT2D eigenvalue weighted by atomic mass is 10.2. The van der Waals surface area contributed by atoms with E-state index >= 15 is 0 Å². The van der Waals surface area contributed by atoms with E-state index in [4.69, 9.17) is 5.73 Å². The fourth-order valence-electron chi connectivity index (χ4n) is 2.26. The second kappa shape index (κ2) is 11.4. The highest BCUT2D eigenvalue weighted by atomic mass is 127. The van der Waals surface area contributed by atoms with Crippen LogP contribution in [0.1, 0.15) is 26.3 Å². The van der Waals surface area contributed by atoms with Crippen LogP contribution in [0, 0.1) is 0 Å².